The second-order valence-electron chi connectivity index (χ2n) is 4.62. The maximum Gasteiger partial charge on any atom is 0.164 e. The van der Waals surface area contributed by atoms with Gasteiger partial charge in [-0.3, -0.25) is 4.79 Å². The number of carbonyl (C=O) groups excluding carboxylic acids is 1. The second kappa shape index (κ2) is 6.01. The summed E-state index contributed by atoms with van der Waals surface area (Å²) in [5, 5.41) is 0. The maximum absolute atomic E-state index is 11.9. The topological polar surface area (TPSA) is 31.2 Å². The average molecular weight is 235 g/mol. The molecule has 0 radical (unpaired) electrons. The third-order valence-corrected chi connectivity index (χ3v) is 3.27. The average Bonchev–Trinajstić information content (AvgIpc) is 2.66. The smallest absolute Gasteiger partial charge is 0.164 e. The minimum atomic E-state index is 0.320. The molecule has 0 fully saturated rings. The zero-order valence-electron chi connectivity index (χ0n) is 10.6. The van der Waals surface area contributed by atoms with E-state index in [4.69, 9.17) is 4.74 Å². The Morgan fingerprint density at radius 1 is 1.29 bits per heavy atom. The summed E-state index contributed by atoms with van der Waals surface area (Å²) in [5.41, 5.74) is 2.20. The quantitative estimate of drug-likeness (QED) is 0.580. The number of aromatic nitrogens is 1. The highest BCUT2D eigenvalue weighted by atomic mass is 16.5. The number of carbonyl (C=O) groups is 1. The first-order chi connectivity index (χ1) is 8.31. The van der Waals surface area contributed by atoms with E-state index in [1.54, 1.807) is 0 Å². The van der Waals surface area contributed by atoms with E-state index in [9.17, 15) is 4.79 Å². The third kappa shape index (κ3) is 3.19. The summed E-state index contributed by atoms with van der Waals surface area (Å²) in [7, 11) is 0. The molecule has 0 spiro atoms. The summed E-state index contributed by atoms with van der Waals surface area (Å²) in [5.74, 6) is 0.320. The Hall–Kier alpha value is -1.09. The molecule has 94 valence electrons. The van der Waals surface area contributed by atoms with Gasteiger partial charge in [-0.05, 0) is 38.2 Å². The van der Waals surface area contributed by atoms with E-state index in [1.807, 2.05) is 13.1 Å². The molecule has 0 aromatic carbocycles. The minimum absolute atomic E-state index is 0.320. The van der Waals surface area contributed by atoms with Crippen molar-refractivity contribution in [1.29, 1.82) is 0 Å². The normalized spacial score (nSPS) is 15.7. The number of fused-ring (bicyclic) bond motifs is 1. The van der Waals surface area contributed by atoms with Crippen LogP contribution in [0, 0.1) is 0 Å². The largest absolute Gasteiger partial charge is 0.382 e. The van der Waals surface area contributed by atoms with E-state index < -0.39 is 0 Å². The molecule has 0 amide bonds. The highest BCUT2D eigenvalue weighted by Crippen LogP contribution is 2.21. The zero-order chi connectivity index (χ0) is 12.1. The standard InChI is InChI=1S/C14H21NO2/c1-2-17-9-5-8-15-10-12-6-3-4-7-14(16)13(12)11-15/h10-11H,2-9H2,1H3. The number of rotatable bonds is 5. The van der Waals surface area contributed by atoms with Gasteiger partial charge in [-0.25, -0.2) is 0 Å². The van der Waals surface area contributed by atoms with E-state index in [2.05, 4.69) is 10.8 Å². The summed E-state index contributed by atoms with van der Waals surface area (Å²) in [4.78, 5) is 11.9. The van der Waals surface area contributed by atoms with Gasteiger partial charge in [-0.1, -0.05) is 0 Å². The molecule has 3 heteroatoms. The van der Waals surface area contributed by atoms with Crippen molar-refractivity contribution in [2.24, 2.45) is 0 Å². The summed E-state index contributed by atoms with van der Waals surface area (Å²) in [6.07, 6.45) is 9.13. The summed E-state index contributed by atoms with van der Waals surface area (Å²) >= 11 is 0. The number of ketones is 1. The van der Waals surface area contributed by atoms with E-state index in [-0.39, 0.29) is 0 Å². The minimum Gasteiger partial charge on any atom is -0.382 e. The van der Waals surface area contributed by atoms with E-state index in [1.165, 1.54) is 5.56 Å². The molecule has 2 rings (SSSR count). The number of hydrogen-bond donors (Lipinski definition) is 0. The van der Waals surface area contributed by atoms with Crippen LogP contribution in [-0.4, -0.2) is 23.6 Å². The van der Waals surface area contributed by atoms with Crippen molar-refractivity contribution in [3.05, 3.63) is 23.5 Å². The molecule has 0 saturated carbocycles. The van der Waals surface area contributed by atoms with Crippen molar-refractivity contribution < 1.29 is 9.53 Å². The fourth-order valence-corrected chi connectivity index (χ4v) is 2.36. The molecule has 0 bridgehead atoms. The Labute approximate surface area is 103 Å². The molecular weight excluding hydrogens is 214 g/mol. The van der Waals surface area contributed by atoms with Crippen LogP contribution in [0.3, 0.4) is 0 Å². The van der Waals surface area contributed by atoms with E-state index >= 15 is 0 Å². The Kier molecular flexibility index (Phi) is 4.37. The van der Waals surface area contributed by atoms with Crippen molar-refractivity contribution in [3.63, 3.8) is 0 Å². The van der Waals surface area contributed by atoms with Crippen LogP contribution in [0.25, 0.3) is 0 Å². The van der Waals surface area contributed by atoms with Crippen molar-refractivity contribution in [2.75, 3.05) is 13.2 Å². The molecule has 0 aliphatic heterocycles. The van der Waals surface area contributed by atoms with Gasteiger partial charge in [0.25, 0.3) is 0 Å². The van der Waals surface area contributed by atoms with Crippen LogP contribution in [-0.2, 0) is 17.7 Å². The van der Waals surface area contributed by atoms with Crippen molar-refractivity contribution in [3.8, 4) is 0 Å². The second-order valence-corrected chi connectivity index (χ2v) is 4.62. The lowest BCUT2D eigenvalue weighted by Crippen LogP contribution is -2.01. The molecule has 17 heavy (non-hydrogen) atoms. The van der Waals surface area contributed by atoms with Crippen molar-refractivity contribution in [2.45, 2.75) is 45.6 Å². The van der Waals surface area contributed by atoms with Crippen LogP contribution in [0.1, 0.15) is 48.5 Å². The molecule has 0 N–H and O–H groups in total. The van der Waals surface area contributed by atoms with Crippen LogP contribution in [0.5, 0.6) is 0 Å². The Balaban J connectivity index is 1.96. The first kappa shape index (κ1) is 12.4. The van der Waals surface area contributed by atoms with Crippen molar-refractivity contribution >= 4 is 5.78 Å². The van der Waals surface area contributed by atoms with Crippen LogP contribution in [0.4, 0.5) is 0 Å². The fourth-order valence-electron chi connectivity index (χ4n) is 2.36. The Morgan fingerprint density at radius 2 is 2.12 bits per heavy atom. The molecular formula is C14H21NO2. The zero-order valence-corrected chi connectivity index (χ0v) is 10.6. The molecule has 1 aliphatic carbocycles. The third-order valence-electron chi connectivity index (χ3n) is 3.27. The molecule has 0 unspecified atom stereocenters. The molecule has 1 heterocycles. The molecule has 1 aliphatic rings. The van der Waals surface area contributed by atoms with E-state index in [0.29, 0.717) is 5.78 Å². The van der Waals surface area contributed by atoms with Gasteiger partial charge in [0.1, 0.15) is 0 Å². The maximum atomic E-state index is 11.9. The molecule has 0 atom stereocenters. The van der Waals surface area contributed by atoms with Gasteiger partial charge in [0, 0.05) is 44.1 Å². The lowest BCUT2D eigenvalue weighted by molar-refractivity contribution is 0.0982. The number of Topliss-reactive ketones (excluding diaryl/α,β-unsaturated/α-hetero) is 1. The highest BCUT2D eigenvalue weighted by molar-refractivity contribution is 5.97. The Bertz CT molecular complexity index is 382. The van der Waals surface area contributed by atoms with Gasteiger partial charge in [0.15, 0.2) is 5.78 Å². The SMILES string of the molecule is CCOCCCn1cc2c(c1)C(=O)CCCC2. The monoisotopic (exact) mass is 235 g/mol. The Morgan fingerprint density at radius 3 is 2.94 bits per heavy atom. The number of aryl methyl sites for hydroxylation is 2. The fraction of sp³-hybridized carbons (Fsp3) is 0.643. The summed E-state index contributed by atoms with van der Waals surface area (Å²) < 4.78 is 7.46. The predicted octanol–water partition coefficient (Wildman–Crippen LogP) is 2.82. The van der Waals surface area contributed by atoms with Crippen LogP contribution >= 0.6 is 0 Å². The van der Waals surface area contributed by atoms with Crippen LogP contribution in [0.15, 0.2) is 12.4 Å². The first-order valence-corrected chi connectivity index (χ1v) is 6.61. The van der Waals surface area contributed by atoms with Gasteiger partial charge in [0.05, 0.1) is 0 Å². The van der Waals surface area contributed by atoms with Gasteiger partial charge < -0.3 is 9.30 Å². The molecule has 3 nitrogen and oxygen atoms in total. The van der Waals surface area contributed by atoms with Gasteiger partial charge in [-0.15, -0.1) is 0 Å². The van der Waals surface area contributed by atoms with E-state index in [0.717, 1.165) is 57.4 Å². The number of ether oxygens (including phenoxy) is 1. The first-order valence-electron chi connectivity index (χ1n) is 6.61. The molecule has 1 aromatic heterocycles. The van der Waals surface area contributed by atoms with Gasteiger partial charge in [0.2, 0.25) is 0 Å². The van der Waals surface area contributed by atoms with Gasteiger partial charge in [-0.2, -0.15) is 0 Å². The number of nitrogens with zero attached hydrogens (tertiary/aromatic N) is 1. The summed E-state index contributed by atoms with van der Waals surface area (Å²) in [6.45, 7) is 4.53. The highest BCUT2D eigenvalue weighted by Gasteiger charge is 2.17. The van der Waals surface area contributed by atoms with Gasteiger partial charge >= 0.3 is 0 Å². The van der Waals surface area contributed by atoms with Crippen molar-refractivity contribution in [1.82, 2.24) is 4.57 Å². The number of hydrogen-bond acceptors (Lipinski definition) is 2. The van der Waals surface area contributed by atoms with Crippen LogP contribution in [0.2, 0.25) is 0 Å². The molecule has 0 saturated heterocycles. The summed E-state index contributed by atoms with van der Waals surface area (Å²) in [6, 6.07) is 0. The lowest BCUT2D eigenvalue weighted by atomic mass is 10.1. The lowest BCUT2D eigenvalue weighted by Gasteiger charge is -2.03. The molecule has 1 aromatic rings. The predicted molar refractivity (Wildman–Crippen MR) is 67.4 cm³/mol. The van der Waals surface area contributed by atoms with Crippen LogP contribution < -0.4 is 0 Å².